The molecule has 0 radical (unpaired) electrons. The van der Waals surface area contributed by atoms with Gasteiger partial charge in [0, 0.05) is 23.3 Å². The molecule has 0 saturated heterocycles. The number of nitro groups is 1. The highest BCUT2D eigenvalue weighted by Gasteiger charge is 2.35. The van der Waals surface area contributed by atoms with E-state index in [2.05, 4.69) is 31.0 Å². The number of aromatic amines is 1. The van der Waals surface area contributed by atoms with Crippen LogP contribution in [-0.2, 0) is 0 Å². The van der Waals surface area contributed by atoms with Crippen LogP contribution in [0.25, 0.3) is 11.3 Å². The Kier molecular flexibility index (Phi) is 4.70. The Morgan fingerprint density at radius 1 is 1.12 bits per heavy atom. The van der Waals surface area contributed by atoms with Crippen molar-refractivity contribution in [1.29, 1.82) is 0 Å². The van der Waals surface area contributed by atoms with Crippen molar-refractivity contribution in [3.63, 3.8) is 0 Å². The van der Waals surface area contributed by atoms with Gasteiger partial charge in [0.15, 0.2) is 11.5 Å². The summed E-state index contributed by atoms with van der Waals surface area (Å²) in [6.07, 6.45) is 0. The first kappa shape index (κ1) is 20.1. The van der Waals surface area contributed by atoms with Crippen LogP contribution in [0.2, 0.25) is 0 Å². The molecule has 4 aromatic rings. The molecule has 13 nitrogen and oxygen atoms in total. The first-order chi connectivity index (χ1) is 16.0. The Morgan fingerprint density at radius 3 is 2.70 bits per heavy atom. The largest absolute Gasteiger partial charge is 0.493 e. The molecule has 0 spiro atoms. The monoisotopic (exact) mass is 448 g/mol. The minimum absolute atomic E-state index is 0.104. The zero-order chi connectivity index (χ0) is 23.1. The van der Waals surface area contributed by atoms with E-state index in [1.807, 2.05) is 0 Å². The average molecular weight is 448 g/mol. The van der Waals surface area contributed by atoms with E-state index in [1.165, 1.54) is 31.0 Å². The molecule has 0 fully saturated rings. The van der Waals surface area contributed by atoms with E-state index in [-0.39, 0.29) is 17.3 Å². The zero-order valence-electron chi connectivity index (χ0n) is 17.3. The highest BCUT2D eigenvalue weighted by Crippen LogP contribution is 2.42. The van der Waals surface area contributed by atoms with E-state index >= 15 is 0 Å². The van der Waals surface area contributed by atoms with E-state index in [1.54, 1.807) is 30.3 Å². The number of anilines is 2. The fourth-order valence-corrected chi connectivity index (χ4v) is 3.86. The van der Waals surface area contributed by atoms with E-state index in [4.69, 9.17) is 9.47 Å². The Labute approximate surface area is 185 Å². The number of methoxy groups -OCH3 is 2. The molecule has 0 amide bonds. The molecule has 1 atom stereocenters. The number of H-pyrrole nitrogens is 1. The van der Waals surface area contributed by atoms with Crippen molar-refractivity contribution in [2.75, 3.05) is 19.5 Å². The molecule has 33 heavy (non-hydrogen) atoms. The van der Waals surface area contributed by atoms with Crippen molar-refractivity contribution < 1.29 is 14.4 Å². The summed E-state index contributed by atoms with van der Waals surface area (Å²) < 4.78 is 12.2. The molecule has 0 bridgehead atoms. The van der Waals surface area contributed by atoms with Gasteiger partial charge in [-0.25, -0.2) is 5.10 Å². The van der Waals surface area contributed by atoms with Crippen LogP contribution in [0.1, 0.15) is 17.2 Å². The summed E-state index contributed by atoms with van der Waals surface area (Å²) in [7, 11) is 3.04. The average Bonchev–Trinajstić information content (AvgIpc) is 3.31. The molecule has 13 heteroatoms. The fourth-order valence-electron chi connectivity index (χ4n) is 3.86. The maximum atomic E-state index is 12.7. The number of nitrogens with zero attached hydrogens (tertiary/aromatic N) is 6. The van der Waals surface area contributed by atoms with Crippen LogP contribution in [0.15, 0.2) is 47.3 Å². The summed E-state index contributed by atoms with van der Waals surface area (Å²) in [6, 6.07) is 10.5. The van der Waals surface area contributed by atoms with Crippen LogP contribution >= 0.6 is 0 Å². The standard InChI is InChI=1S/C20H16N8O5/c1-32-13-7-6-10(9-14(13)33-2)16-15-17(19(29)23-22-16)21-20-24-25-26-27(20)18(15)11-4-3-5-12(8-11)28(30)31/h3-9,18H,1-2H3,(H,23,29)(H,21,24,26)/t18-/m0/s1. The van der Waals surface area contributed by atoms with Crippen molar-refractivity contribution in [1.82, 2.24) is 30.4 Å². The summed E-state index contributed by atoms with van der Waals surface area (Å²) >= 11 is 0. The fraction of sp³-hybridized carbons (Fsp3) is 0.150. The Balaban J connectivity index is 1.79. The molecular weight excluding hydrogens is 432 g/mol. The topological polar surface area (TPSA) is 163 Å². The number of nitro benzene ring substituents is 1. The lowest BCUT2D eigenvalue weighted by atomic mass is 9.92. The Hall–Kier alpha value is -4.81. The van der Waals surface area contributed by atoms with Gasteiger partial charge in [0.1, 0.15) is 11.7 Å². The van der Waals surface area contributed by atoms with Crippen molar-refractivity contribution in [2.24, 2.45) is 0 Å². The lowest BCUT2D eigenvalue weighted by Gasteiger charge is -2.27. The van der Waals surface area contributed by atoms with Crippen LogP contribution in [0.5, 0.6) is 11.5 Å². The number of hydrogen-bond acceptors (Lipinski definition) is 10. The molecule has 2 aromatic heterocycles. The summed E-state index contributed by atoms with van der Waals surface area (Å²) in [6.45, 7) is 0. The summed E-state index contributed by atoms with van der Waals surface area (Å²) in [5, 5.41) is 32.8. The molecule has 0 aliphatic carbocycles. The van der Waals surface area contributed by atoms with Crippen LogP contribution < -0.4 is 20.3 Å². The van der Waals surface area contributed by atoms with E-state index in [9.17, 15) is 14.9 Å². The van der Waals surface area contributed by atoms with Gasteiger partial charge in [0.05, 0.1) is 24.8 Å². The lowest BCUT2D eigenvalue weighted by Crippen LogP contribution is -2.29. The van der Waals surface area contributed by atoms with Crippen LogP contribution in [0, 0.1) is 10.1 Å². The highest BCUT2D eigenvalue weighted by atomic mass is 16.6. The number of benzene rings is 2. The van der Waals surface area contributed by atoms with Crippen molar-refractivity contribution >= 4 is 17.3 Å². The van der Waals surface area contributed by atoms with Gasteiger partial charge in [-0.1, -0.05) is 17.2 Å². The SMILES string of the molecule is COc1ccc(-c2n[nH]c(=O)c3c2[C@H](c2cccc([N+](=O)[O-])c2)n2nnnc2N3)cc1OC. The van der Waals surface area contributed by atoms with Crippen LogP contribution in [0.3, 0.4) is 0 Å². The van der Waals surface area contributed by atoms with Crippen molar-refractivity contribution in [3.8, 4) is 22.8 Å². The predicted molar refractivity (Wildman–Crippen MR) is 115 cm³/mol. The summed E-state index contributed by atoms with van der Waals surface area (Å²) in [5.74, 6) is 1.21. The van der Waals surface area contributed by atoms with Gasteiger partial charge in [-0.2, -0.15) is 9.78 Å². The second kappa shape index (κ2) is 7.71. The number of nitrogens with one attached hydrogen (secondary N) is 2. The normalized spacial score (nSPS) is 14.1. The van der Waals surface area contributed by atoms with Gasteiger partial charge in [-0.15, -0.1) is 0 Å². The van der Waals surface area contributed by atoms with Gasteiger partial charge >= 0.3 is 0 Å². The smallest absolute Gasteiger partial charge is 0.288 e. The molecule has 1 aliphatic heterocycles. The summed E-state index contributed by atoms with van der Waals surface area (Å²) in [5.41, 5.74) is 1.59. The first-order valence-electron chi connectivity index (χ1n) is 9.66. The number of fused-ring (bicyclic) bond motifs is 2. The van der Waals surface area contributed by atoms with Crippen LogP contribution in [0.4, 0.5) is 17.3 Å². The van der Waals surface area contributed by atoms with Gasteiger partial charge in [-0.05, 0) is 34.2 Å². The molecule has 166 valence electrons. The number of tetrazole rings is 1. The lowest BCUT2D eigenvalue weighted by molar-refractivity contribution is -0.384. The Morgan fingerprint density at radius 2 is 1.94 bits per heavy atom. The van der Waals surface area contributed by atoms with Crippen LogP contribution in [-0.4, -0.2) is 49.5 Å². The number of aromatic nitrogens is 6. The van der Waals surface area contributed by atoms with Gasteiger partial charge in [-0.3, -0.25) is 14.9 Å². The number of ether oxygens (including phenoxy) is 2. The van der Waals surface area contributed by atoms with E-state index in [0.29, 0.717) is 33.9 Å². The molecule has 1 aliphatic rings. The predicted octanol–water partition coefficient (Wildman–Crippen LogP) is 2.04. The molecule has 0 unspecified atom stereocenters. The van der Waals surface area contributed by atoms with Gasteiger partial charge in [0.25, 0.3) is 11.2 Å². The van der Waals surface area contributed by atoms with Gasteiger partial charge in [0.2, 0.25) is 5.95 Å². The van der Waals surface area contributed by atoms with Crippen molar-refractivity contribution in [3.05, 3.63) is 74.1 Å². The third kappa shape index (κ3) is 3.22. The quantitative estimate of drug-likeness (QED) is 0.300. The number of rotatable bonds is 5. The maximum absolute atomic E-state index is 12.7. The third-order valence-electron chi connectivity index (χ3n) is 5.32. The minimum Gasteiger partial charge on any atom is -0.493 e. The van der Waals surface area contributed by atoms with E-state index in [0.717, 1.165) is 0 Å². The molecule has 2 aromatic carbocycles. The second-order valence-electron chi connectivity index (χ2n) is 7.09. The minimum atomic E-state index is -0.760. The zero-order valence-corrected chi connectivity index (χ0v) is 17.3. The summed E-state index contributed by atoms with van der Waals surface area (Å²) in [4.78, 5) is 23.7. The molecule has 5 rings (SSSR count). The maximum Gasteiger partial charge on any atom is 0.288 e. The van der Waals surface area contributed by atoms with E-state index < -0.39 is 16.5 Å². The number of non-ortho nitro benzene ring substituents is 1. The second-order valence-corrected chi connectivity index (χ2v) is 7.09. The number of hydrogen-bond donors (Lipinski definition) is 2. The third-order valence-corrected chi connectivity index (χ3v) is 5.32. The van der Waals surface area contributed by atoms with Gasteiger partial charge < -0.3 is 14.8 Å². The molecule has 2 N–H and O–H groups in total. The first-order valence-corrected chi connectivity index (χ1v) is 9.66. The molecule has 0 saturated carbocycles. The highest BCUT2D eigenvalue weighted by molar-refractivity contribution is 5.76. The van der Waals surface area contributed by atoms with Crippen molar-refractivity contribution in [2.45, 2.75) is 6.04 Å². The molecule has 3 heterocycles. The molecular formula is C20H16N8O5. The Bertz CT molecular complexity index is 1450.